The fourth-order valence-corrected chi connectivity index (χ4v) is 7.74. The molecule has 0 aliphatic carbocycles. The molecular formula is C25H33N3O6S2. The van der Waals surface area contributed by atoms with Gasteiger partial charge in [0.25, 0.3) is 0 Å². The number of carbonyl (C=O) groups excluding carboxylic acids is 1. The monoisotopic (exact) mass is 535 g/mol. The molecule has 0 saturated carbocycles. The molecule has 36 heavy (non-hydrogen) atoms. The molecule has 4 rings (SSSR count). The Morgan fingerprint density at radius 3 is 2.14 bits per heavy atom. The zero-order chi connectivity index (χ0) is 25.9. The van der Waals surface area contributed by atoms with Gasteiger partial charge in [-0.05, 0) is 62.9 Å². The van der Waals surface area contributed by atoms with Gasteiger partial charge in [0.1, 0.15) is 5.75 Å². The largest absolute Gasteiger partial charge is 0.495 e. The summed E-state index contributed by atoms with van der Waals surface area (Å²) < 4.78 is 60.7. The lowest BCUT2D eigenvalue weighted by Gasteiger charge is -2.31. The summed E-state index contributed by atoms with van der Waals surface area (Å²) in [5.74, 6) is -0.614. The molecule has 11 heteroatoms. The van der Waals surface area contributed by atoms with Gasteiger partial charge in [0.2, 0.25) is 26.0 Å². The van der Waals surface area contributed by atoms with Crippen LogP contribution in [0.4, 0.5) is 5.69 Å². The maximum atomic E-state index is 13.2. The quantitative estimate of drug-likeness (QED) is 0.583. The Morgan fingerprint density at radius 1 is 0.861 bits per heavy atom. The minimum atomic E-state index is -3.73. The molecule has 2 aliphatic rings. The summed E-state index contributed by atoms with van der Waals surface area (Å²) >= 11 is 0. The van der Waals surface area contributed by atoms with Crippen molar-refractivity contribution in [2.75, 3.05) is 38.6 Å². The summed E-state index contributed by atoms with van der Waals surface area (Å²) in [5, 5.41) is 2.80. The molecule has 2 aromatic rings. The van der Waals surface area contributed by atoms with Crippen LogP contribution in [0.3, 0.4) is 0 Å². The predicted molar refractivity (Wildman–Crippen MR) is 137 cm³/mol. The van der Waals surface area contributed by atoms with Crippen LogP contribution in [0.1, 0.15) is 37.7 Å². The third-order valence-corrected chi connectivity index (χ3v) is 10.6. The van der Waals surface area contributed by atoms with Gasteiger partial charge in [-0.1, -0.05) is 24.1 Å². The summed E-state index contributed by atoms with van der Waals surface area (Å²) in [7, 11) is -5.97. The molecule has 2 aromatic carbocycles. The van der Waals surface area contributed by atoms with Crippen LogP contribution < -0.4 is 10.1 Å². The number of methoxy groups -OCH3 is 1. The van der Waals surface area contributed by atoms with Gasteiger partial charge < -0.3 is 10.1 Å². The van der Waals surface area contributed by atoms with Crippen molar-refractivity contribution in [1.29, 1.82) is 0 Å². The molecule has 0 aromatic heterocycles. The number of carbonyl (C=O) groups is 1. The third kappa shape index (κ3) is 5.59. The number of amides is 1. The number of hydrogen-bond donors (Lipinski definition) is 1. The number of nitrogens with one attached hydrogen (secondary N) is 1. The minimum absolute atomic E-state index is 0.0517. The Morgan fingerprint density at radius 2 is 1.47 bits per heavy atom. The van der Waals surface area contributed by atoms with E-state index in [9.17, 15) is 21.6 Å². The third-order valence-electron chi connectivity index (χ3n) is 6.80. The van der Waals surface area contributed by atoms with Crippen LogP contribution in [0, 0.1) is 12.8 Å². The SMILES string of the molecule is COc1ccc(S(=O)(=O)N2CCCCC2)cc1NC(=O)[C@@H]1CCCN(S(=O)(=O)c2ccc(C)cc2)C1. The molecule has 196 valence electrons. The van der Waals surface area contributed by atoms with Crippen molar-refractivity contribution in [1.82, 2.24) is 8.61 Å². The molecule has 1 atom stereocenters. The molecule has 9 nitrogen and oxygen atoms in total. The highest BCUT2D eigenvalue weighted by Gasteiger charge is 2.34. The zero-order valence-corrected chi connectivity index (χ0v) is 22.3. The highest BCUT2D eigenvalue weighted by molar-refractivity contribution is 7.89. The zero-order valence-electron chi connectivity index (χ0n) is 20.6. The fraction of sp³-hybridized carbons (Fsp3) is 0.480. The number of nitrogens with zero attached hydrogens (tertiary/aromatic N) is 2. The molecular weight excluding hydrogens is 502 g/mol. The first kappa shape index (κ1) is 26.6. The highest BCUT2D eigenvalue weighted by atomic mass is 32.2. The van der Waals surface area contributed by atoms with Crippen LogP contribution in [0.25, 0.3) is 0 Å². The Kier molecular flexibility index (Phi) is 8.03. The Bertz CT molecular complexity index is 1300. The summed E-state index contributed by atoms with van der Waals surface area (Å²) in [5.41, 5.74) is 1.21. The molecule has 0 spiro atoms. The van der Waals surface area contributed by atoms with E-state index in [1.165, 1.54) is 33.9 Å². The number of hydrogen-bond acceptors (Lipinski definition) is 6. The number of anilines is 1. The van der Waals surface area contributed by atoms with E-state index in [2.05, 4.69) is 5.32 Å². The standard InChI is InChI=1S/C25H33N3O6S2/c1-19-8-10-21(11-9-19)35(30,31)28-16-6-7-20(18-28)25(29)26-23-17-22(12-13-24(23)34-2)36(32,33)27-14-4-3-5-15-27/h8-13,17,20H,3-7,14-16,18H2,1-2H3,(H,26,29)/t20-/m1/s1. The van der Waals surface area contributed by atoms with Crippen LogP contribution in [-0.4, -0.2) is 64.6 Å². The molecule has 2 fully saturated rings. The molecule has 1 amide bonds. The fourth-order valence-electron chi connectivity index (χ4n) is 4.67. The van der Waals surface area contributed by atoms with E-state index in [0.29, 0.717) is 38.2 Å². The van der Waals surface area contributed by atoms with Gasteiger partial charge in [0.05, 0.1) is 28.5 Å². The first-order valence-corrected chi connectivity index (χ1v) is 15.1. The number of ether oxygens (including phenoxy) is 1. The normalized spacial score (nSPS) is 20.1. The highest BCUT2D eigenvalue weighted by Crippen LogP contribution is 2.31. The first-order valence-electron chi connectivity index (χ1n) is 12.2. The lowest BCUT2D eigenvalue weighted by Crippen LogP contribution is -2.43. The summed E-state index contributed by atoms with van der Waals surface area (Å²) in [6, 6.07) is 11.1. The van der Waals surface area contributed by atoms with E-state index < -0.39 is 26.0 Å². The Hall–Kier alpha value is -2.47. The molecule has 2 aliphatic heterocycles. The maximum Gasteiger partial charge on any atom is 0.243 e. The maximum absolute atomic E-state index is 13.2. The van der Waals surface area contributed by atoms with Crippen LogP contribution >= 0.6 is 0 Å². The van der Waals surface area contributed by atoms with Crippen molar-refractivity contribution in [3.05, 3.63) is 48.0 Å². The van der Waals surface area contributed by atoms with Gasteiger partial charge in [-0.2, -0.15) is 8.61 Å². The van der Waals surface area contributed by atoms with Crippen LogP contribution in [0.5, 0.6) is 5.75 Å². The number of aryl methyl sites for hydroxylation is 1. The van der Waals surface area contributed by atoms with Crippen molar-refractivity contribution in [3.63, 3.8) is 0 Å². The van der Waals surface area contributed by atoms with Crippen molar-refractivity contribution in [2.45, 2.75) is 48.8 Å². The minimum Gasteiger partial charge on any atom is -0.495 e. The molecule has 2 heterocycles. The Balaban J connectivity index is 1.52. The van der Waals surface area contributed by atoms with E-state index >= 15 is 0 Å². The first-order chi connectivity index (χ1) is 17.1. The van der Waals surface area contributed by atoms with Gasteiger partial charge in [-0.15, -0.1) is 0 Å². The lowest BCUT2D eigenvalue weighted by atomic mass is 9.98. The van der Waals surface area contributed by atoms with Crippen LogP contribution in [0.15, 0.2) is 52.3 Å². The number of benzene rings is 2. The predicted octanol–water partition coefficient (Wildman–Crippen LogP) is 3.22. The van der Waals surface area contributed by atoms with E-state index in [0.717, 1.165) is 24.8 Å². The second-order valence-electron chi connectivity index (χ2n) is 9.33. The topological polar surface area (TPSA) is 113 Å². The van der Waals surface area contributed by atoms with Crippen molar-refractivity contribution >= 4 is 31.6 Å². The average molecular weight is 536 g/mol. The van der Waals surface area contributed by atoms with Gasteiger partial charge >= 0.3 is 0 Å². The van der Waals surface area contributed by atoms with Crippen LogP contribution in [0.2, 0.25) is 0 Å². The van der Waals surface area contributed by atoms with E-state index in [1.807, 2.05) is 6.92 Å². The lowest BCUT2D eigenvalue weighted by molar-refractivity contribution is -0.120. The summed E-state index contributed by atoms with van der Waals surface area (Å²) in [6.07, 6.45) is 3.73. The number of sulfonamides is 2. The van der Waals surface area contributed by atoms with Crippen molar-refractivity contribution in [2.24, 2.45) is 5.92 Å². The molecule has 0 bridgehead atoms. The van der Waals surface area contributed by atoms with E-state index in [-0.39, 0.29) is 27.9 Å². The summed E-state index contributed by atoms with van der Waals surface area (Å²) in [4.78, 5) is 13.5. The van der Waals surface area contributed by atoms with Gasteiger partial charge in [0, 0.05) is 26.2 Å². The van der Waals surface area contributed by atoms with E-state index in [1.54, 1.807) is 24.3 Å². The number of piperidine rings is 2. The smallest absolute Gasteiger partial charge is 0.243 e. The second-order valence-corrected chi connectivity index (χ2v) is 13.2. The molecule has 1 N–H and O–H groups in total. The van der Waals surface area contributed by atoms with Gasteiger partial charge in [-0.25, -0.2) is 16.8 Å². The van der Waals surface area contributed by atoms with Gasteiger partial charge in [-0.3, -0.25) is 4.79 Å². The van der Waals surface area contributed by atoms with Crippen molar-refractivity contribution in [3.8, 4) is 5.75 Å². The molecule has 0 radical (unpaired) electrons. The Labute approximate surface area is 213 Å². The summed E-state index contributed by atoms with van der Waals surface area (Å²) in [6.45, 7) is 3.23. The van der Waals surface area contributed by atoms with E-state index in [4.69, 9.17) is 4.74 Å². The van der Waals surface area contributed by atoms with Crippen LogP contribution in [-0.2, 0) is 24.8 Å². The van der Waals surface area contributed by atoms with Crippen molar-refractivity contribution < 1.29 is 26.4 Å². The number of rotatable bonds is 7. The average Bonchev–Trinajstić information content (AvgIpc) is 2.89. The molecule has 0 unspecified atom stereocenters. The van der Waals surface area contributed by atoms with Gasteiger partial charge in [0.15, 0.2) is 0 Å². The molecule has 2 saturated heterocycles. The second kappa shape index (κ2) is 10.9.